The second-order valence-electron chi connectivity index (χ2n) is 13.9. The van der Waals surface area contributed by atoms with Crippen molar-refractivity contribution in [3.8, 4) is 40.3 Å². The summed E-state index contributed by atoms with van der Waals surface area (Å²) >= 11 is 0. The highest BCUT2D eigenvalue weighted by Crippen LogP contribution is 2.41. The van der Waals surface area contributed by atoms with Crippen LogP contribution < -0.4 is 0 Å². The van der Waals surface area contributed by atoms with E-state index in [9.17, 15) is 10.5 Å². The van der Waals surface area contributed by atoms with Crippen LogP contribution in [0.1, 0.15) is 11.1 Å². The average molecular weight is 700 g/mol. The molecule has 8 aromatic carbocycles. The van der Waals surface area contributed by atoms with Gasteiger partial charge in [0.05, 0.1) is 61.7 Å². The number of para-hydroxylation sites is 5. The van der Waals surface area contributed by atoms with Crippen LogP contribution in [-0.4, -0.2) is 13.7 Å². The minimum absolute atomic E-state index is 0.586. The van der Waals surface area contributed by atoms with Crippen molar-refractivity contribution >= 4 is 65.4 Å². The number of nitriles is 2. The first-order valence-corrected chi connectivity index (χ1v) is 18.3. The number of benzene rings is 8. The molecule has 254 valence electrons. The van der Waals surface area contributed by atoms with Crippen molar-refractivity contribution in [2.45, 2.75) is 0 Å². The SMILES string of the molecule is N#Cc1ccc2c3ccccc3n(-c3ccccc3-c3cccc(-n4c5ccccc5c5cc(-n6c7ccccc7c7ccccc76)ccc54)c3C#N)c2c1. The molecule has 0 fully saturated rings. The van der Waals surface area contributed by atoms with Crippen molar-refractivity contribution in [2.24, 2.45) is 0 Å². The fraction of sp³-hybridized carbons (Fsp3) is 0. The van der Waals surface area contributed by atoms with E-state index in [4.69, 9.17) is 0 Å². The molecule has 5 heteroatoms. The summed E-state index contributed by atoms with van der Waals surface area (Å²) < 4.78 is 6.82. The highest BCUT2D eigenvalue weighted by molar-refractivity contribution is 6.13. The Hall–Kier alpha value is -7.86. The Morgan fingerprint density at radius 2 is 0.818 bits per heavy atom. The van der Waals surface area contributed by atoms with Gasteiger partial charge in [0.15, 0.2) is 0 Å². The lowest BCUT2D eigenvalue weighted by molar-refractivity contribution is 1.15. The van der Waals surface area contributed by atoms with E-state index in [-0.39, 0.29) is 0 Å². The topological polar surface area (TPSA) is 62.4 Å². The Morgan fingerprint density at radius 1 is 0.327 bits per heavy atom. The number of rotatable bonds is 4. The second-order valence-corrected chi connectivity index (χ2v) is 13.9. The average Bonchev–Trinajstić information content (AvgIpc) is 3.88. The molecule has 5 nitrogen and oxygen atoms in total. The quantitative estimate of drug-likeness (QED) is 0.184. The van der Waals surface area contributed by atoms with E-state index in [0.717, 1.165) is 82.8 Å². The van der Waals surface area contributed by atoms with Gasteiger partial charge in [-0.15, -0.1) is 0 Å². The molecule has 0 unspecified atom stereocenters. The van der Waals surface area contributed by atoms with Crippen molar-refractivity contribution in [2.75, 3.05) is 0 Å². The first-order chi connectivity index (χ1) is 27.2. The summed E-state index contributed by atoms with van der Waals surface area (Å²) in [6.07, 6.45) is 0. The van der Waals surface area contributed by atoms with Crippen molar-refractivity contribution in [3.63, 3.8) is 0 Å². The lowest BCUT2D eigenvalue weighted by atomic mass is 9.96. The molecule has 0 amide bonds. The van der Waals surface area contributed by atoms with Crippen LogP contribution in [0.4, 0.5) is 0 Å². The molecule has 0 bridgehead atoms. The highest BCUT2D eigenvalue weighted by atomic mass is 15.0. The van der Waals surface area contributed by atoms with E-state index in [2.05, 4.69) is 153 Å². The van der Waals surface area contributed by atoms with Gasteiger partial charge < -0.3 is 13.7 Å². The van der Waals surface area contributed by atoms with E-state index in [0.29, 0.717) is 11.1 Å². The molecule has 0 saturated carbocycles. The lowest BCUT2D eigenvalue weighted by Crippen LogP contribution is -2.02. The Labute approximate surface area is 316 Å². The van der Waals surface area contributed by atoms with Gasteiger partial charge in [0.25, 0.3) is 0 Å². The van der Waals surface area contributed by atoms with Crippen molar-refractivity contribution in [1.29, 1.82) is 10.5 Å². The maximum absolute atomic E-state index is 11.1. The summed E-state index contributed by atoms with van der Waals surface area (Å²) in [6, 6.07) is 65.9. The zero-order valence-electron chi connectivity index (χ0n) is 29.5. The molecular formula is C50H29N5. The zero-order valence-corrected chi connectivity index (χ0v) is 29.5. The lowest BCUT2D eigenvalue weighted by Gasteiger charge is -2.17. The number of hydrogen-bond acceptors (Lipinski definition) is 2. The molecule has 0 atom stereocenters. The van der Waals surface area contributed by atoms with Gasteiger partial charge in [0.1, 0.15) is 6.07 Å². The molecule has 0 aliphatic carbocycles. The number of nitrogens with zero attached hydrogens (tertiary/aromatic N) is 5. The second kappa shape index (κ2) is 11.8. The Balaban J connectivity index is 1.15. The maximum atomic E-state index is 11.1. The minimum Gasteiger partial charge on any atom is -0.309 e. The summed E-state index contributed by atoms with van der Waals surface area (Å²) in [6.45, 7) is 0. The van der Waals surface area contributed by atoms with Gasteiger partial charge in [-0.25, -0.2) is 0 Å². The van der Waals surface area contributed by atoms with Crippen LogP contribution in [0.15, 0.2) is 176 Å². The Bertz CT molecular complexity index is 3420. The van der Waals surface area contributed by atoms with Gasteiger partial charge in [0.2, 0.25) is 0 Å². The molecule has 11 rings (SSSR count). The highest BCUT2D eigenvalue weighted by Gasteiger charge is 2.22. The molecule has 11 aromatic rings. The van der Waals surface area contributed by atoms with Crippen molar-refractivity contribution in [3.05, 3.63) is 187 Å². The number of aromatic nitrogens is 3. The largest absolute Gasteiger partial charge is 0.309 e. The number of fused-ring (bicyclic) bond motifs is 9. The standard InChI is InChI=1S/C50H29N5/c51-30-32-24-26-40-38-15-4-9-21-46(38)55(50(40)28-32)45-20-8-1-12-35(45)34-17-11-23-48(42(34)31-52)54-47-22-10-5-16-39(47)41-29-33(25-27-49(41)54)53-43-18-6-2-13-36(43)37-14-3-7-19-44(37)53/h1-29H. The van der Waals surface area contributed by atoms with Crippen LogP contribution in [-0.2, 0) is 0 Å². The first kappa shape index (κ1) is 30.7. The molecule has 0 saturated heterocycles. The predicted molar refractivity (Wildman–Crippen MR) is 224 cm³/mol. The van der Waals surface area contributed by atoms with Gasteiger partial charge in [-0.05, 0) is 66.7 Å². The fourth-order valence-electron chi connectivity index (χ4n) is 8.82. The van der Waals surface area contributed by atoms with E-state index in [1.54, 1.807) is 0 Å². The smallest absolute Gasteiger partial charge is 0.102 e. The summed E-state index contributed by atoms with van der Waals surface area (Å²) in [4.78, 5) is 0. The summed E-state index contributed by atoms with van der Waals surface area (Å²) in [5.74, 6) is 0. The van der Waals surface area contributed by atoms with Gasteiger partial charge >= 0.3 is 0 Å². The van der Waals surface area contributed by atoms with E-state index in [1.165, 1.54) is 10.8 Å². The molecule has 3 aromatic heterocycles. The van der Waals surface area contributed by atoms with Crippen LogP contribution in [0.2, 0.25) is 0 Å². The summed E-state index contributed by atoms with van der Waals surface area (Å²) in [7, 11) is 0. The van der Waals surface area contributed by atoms with E-state index < -0.39 is 0 Å². The van der Waals surface area contributed by atoms with E-state index >= 15 is 0 Å². The molecule has 0 aliphatic heterocycles. The molecule has 3 heterocycles. The van der Waals surface area contributed by atoms with Crippen LogP contribution >= 0.6 is 0 Å². The molecule has 0 aliphatic rings. The molecule has 0 N–H and O–H groups in total. The summed E-state index contributed by atoms with van der Waals surface area (Å²) in [5.41, 5.74) is 12.2. The monoisotopic (exact) mass is 699 g/mol. The Kier molecular flexibility index (Phi) is 6.61. The molecular weight excluding hydrogens is 671 g/mol. The van der Waals surface area contributed by atoms with Crippen molar-refractivity contribution < 1.29 is 0 Å². The third-order valence-corrected chi connectivity index (χ3v) is 11.1. The third-order valence-electron chi connectivity index (χ3n) is 11.1. The summed E-state index contributed by atoms with van der Waals surface area (Å²) in [5, 5.41) is 27.8. The Morgan fingerprint density at radius 3 is 1.45 bits per heavy atom. The van der Waals surface area contributed by atoms with Crippen LogP contribution in [0, 0.1) is 22.7 Å². The zero-order chi connectivity index (χ0) is 36.6. The fourth-order valence-corrected chi connectivity index (χ4v) is 8.82. The van der Waals surface area contributed by atoms with Crippen LogP contribution in [0.5, 0.6) is 0 Å². The van der Waals surface area contributed by atoms with E-state index in [1.807, 2.05) is 48.5 Å². The van der Waals surface area contributed by atoms with Crippen molar-refractivity contribution in [1.82, 2.24) is 13.7 Å². The van der Waals surface area contributed by atoms with Crippen LogP contribution in [0.3, 0.4) is 0 Å². The molecule has 0 spiro atoms. The van der Waals surface area contributed by atoms with Gasteiger partial charge in [-0.1, -0.05) is 109 Å². The molecule has 55 heavy (non-hydrogen) atoms. The van der Waals surface area contributed by atoms with Gasteiger partial charge in [0, 0.05) is 49.1 Å². The predicted octanol–water partition coefficient (Wildman–Crippen LogP) is 12.4. The first-order valence-electron chi connectivity index (χ1n) is 18.3. The maximum Gasteiger partial charge on any atom is 0.102 e. The number of hydrogen-bond donors (Lipinski definition) is 0. The molecule has 0 radical (unpaired) electrons. The normalized spacial score (nSPS) is 11.6. The third kappa shape index (κ3) is 4.39. The minimum atomic E-state index is 0.586. The van der Waals surface area contributed by atoms with Gasteiger partial charge in [-0.3, -0.25) is 0 Å². The van der Waals surface area contributed by atoms with Crippen LogP contribution in [0.25, 0.3) is 93.6 Å². The van der Waals surface area contributed by atoms with Gasteiger partial charge in [-0.2, -0.15) is 10.5 Å².